The van der Waals surface area contributed by atoms with Gasteiger partial charge in [0.15, 0.2) is 5.82 Å². The molecule has 0 aliphatic heterocycles. The van der Waals surface area contributed by atoms with Gasteiger partial charge < -0.3 is 15.0 Å². The summed E-state index contributed by atoms with van der Waals surface area (Å²) in [5.74, 6) is 1.02. The number of carbonyl (C=O) groups excluding carboxylic acids is 1. The summed E-state index contributed by atoms with van der Waals surface area (Å²) in [6.07, 6.45) is 6.19. The Balaban J connectivity index is 1.60. The topological polar surface area (TPSA) is 97.0 Å². The molecule has 3 rings (SSSR count). The van der Waals surface area contributed by atoms with Crippen LogP contribution in [0.2, 0.25) is 0 Å². The van der Waals surface area contributed by atoms with Crippen LogP contribution in [0.15, 0.2) is 29.1 Å². The Bertz CT molecular complexity index is 812. The van der Waals surface area contributed by atoms with Gasteiger partial charge in [-0.3, -0.25) is 9.59 Å². The van der Waals surface area contributed by atoms with Gasteiger partial charge in [-0.15, -0.1) is 10.2 Å². The molecule has 26 heavy (non-hydrogen) atoms. The van der Waals surface area contributed by atoms with E-state index in [2.05, 4.69) is 20.5 Å². The third-order valence-corrected chi connectivity index (χ3v) is 4.67. The highest BCUT2D eigenvalue weighted by atomic mass is 16.5. The van der Waals surface area contributed by atoms with Crippen LogP contribution in [-0.2, 0) is 11.2 Å². The van der Waals surface area contributed by atoms with Crippen molar-refractivity contribution in [1.82, 2.24) is 20.5 Å². The van der Waals surface area contributed by atoms with Crippen molar-refractivity contribution < 1.29 is 9.53 Å². The molecule has 2 aromatic rings. The van der Waals surface area contributed by atoms with Crippen LogP contribution in [-0.4, -0.2) is 34.2 Å². The van der Waals surface area contributed by atoms with Crippen LogP contribution in [0.4, 0.5) is 0 Å². The molecule has 7 nitrogen and oxygen atoms in total. The van der Waals surface area contributed by atoms with Crippen LogP contribution in [0.25, 0.3) is 11.4 Å². The SMILES string of the molecule is COc1cccc(-c2nnc(CCC(=O)NC3CCCCC3)c(=O)[nH]2)c1. The van der Waals surface area contributed by atoms with Crippen molar-refractivity contribution in [3.63, 3.8) is 0 Å². The van der Waals surface area contributed by atoms with Crippen molar-refractivity contribution in [3.8, 4) is 17.1 Å². The number of methoxy groups -OCH3 is 1. The minimum absolute atomic E-state index is 0.0324. The summed E-state index contributed by atoms with van der Waals surface area (Å²) in [4.78, 5) is 27.1. The largest absolute Gasteiger partial charge is 0.497 e. The first-order chi connectivity index (χ1) is 12.7. The highest BCUT2D eigenvalue weighted by molar-refractivity contribution is 5.76. The minimum atomic E-state index is -0.316. The van der Waals surface area contributed by atoms with Gasteiger partial charge in [-0.25, -0.2) is 0 Å². The third-order valence-electron chi connectivity index (χ3n) is 4.67. The zero-order valence-electron chi connectivity index (χ0n) is 15.0. The molecule has 0 saturated heterocycles. The minimum Gasteiger partial charge on any atom is -0.497 e. The van der Waals surface area contributed by atoms with Crippen molar-refractivity contribution in [2.75, 3.05) is 7.11 Å². The second-order valence-corrected chi connectivity index (χ2v) is 6.58. The summed E-state index contributed by atoms with van der Waals surface area (Å²) in [5, 5.41) is 11.1. The van der Waals surface area contributed by atoms with Gasteiger partial charge >= 0.3 is 0 Å². The molecule has 1 aliphatic carbocycles. The Labute approximate surface area is 152 Å². The van der Waals surface area contributed by atoms with Gasteiger partial charge in [0.2, 0.25) is 5.91 Å². The molecule has 0 spiro atoms. The highest BCUT2D eigenvalue weighted by Crippen LogP contribution is 2.19. The quantitative estimate of drug-likeness (QED) is 0.827. The third kappa shape index (κ3) is 4.68. The molecule has 1 aromatic heterocycles. The fraction of sp³-hybridized carbons (Fsp3) is 0.474. The van der Waals surface area contributed by atoms with Crippen LogP contribution >= 0.6 is 0 Å². The molecule has 0 bridgehead atoms. The number of rotatable bonds is 6. The molecule has 0 atom stereocenters. The number of H-pyrrole nitrogens is 1. The molecule has 1 aliphatic rings. The first-order valence-electron chi connectivity index (χ1n) is 9.05. The van der Waals surface area contributed by atoms with E-state index < -0.39 is 0 Å². The molecule has 7 heteroatoms. The van der Waals surface area contributed by atoms with Crippen LogP contribution in [0, 0.1) is 0 Å². The maximum Gasteiger partial charge on any atom is 0.273 e. The number of amides is 1. The first-order valence-corrected chi connectivity index (χ1v) is 9.05. The summed E-state index contributed by atoms with van der Waals surface area (Å²) >= 11 is 0. The molecule has 0 unspecified atom stereocenters. The van der Waals surface area contributed by atoms with Crippen LogP contribution < -0.4 is 15.6 Å². The normalized spacial score (nSPS) is 14.8. The van der Waals surface area contributed by atoms with E-state index in [1.54, 1.807) is 13.2 Å². The summed E-state index contributed by atoms with van der Waals surface area (Å²) in [5.41, 5.74) is 0.675. The lowest BCUT2D eigenvalue weighted by Crippen LogP contribution is -2.36. The molecule has 1 heterocycles. The van der Waals surface area contributed by atoms with Crippen molar-refractivity contribution in [3.05, 3.63) is 40.3 Å². The van der Waals surface area contributed by atoms with Crippen molar-refractivity contribution in [2.45, 2.75) is 51.0 Å². The molecule has 1 aromatic carbocycles. The number of benzene rings is 1. The molecule has 2 N–H and O–H groups in total. The summed E-state index contributed by atoms with van der Waals surface area (Å²) in [6.45, 7) is 0. The Morgan fingerprint density at radius 3 is 2.81 bits per heavy atom. The monoisotopic (exact) mass is 356 g/mol. The van der Waals surface area contributed by atoms with Gasteiger partial charge in [0.1, 0.15) is 11.4 Å². The second kappa shape index (κ2) is 8.60. The smallest absolute Gasteiger partial charge is 0.273 e. The number of aromatic amines is 1. The summed E-state index contributed by atoms with van der Waals surface area (Å²) in [7, 11) is 1.58. The predicted octanol–water partition coefficient (Wildman–Crippen LogP) is 2.22. The molecular weight excluding hydrogens is 332 g/mol. The van der Waals surface area contributed by atoms with Gasteiger partial charge in [0.25, 0.3) is 5.56 Å². The Hall–Kier alpha value is -2.70. The fourth-order valence-corrected chi connectivity index (χ4v) is 3.20. The number of hydrogen-bond acceptors (Lipinski definition) is 5. The van der Waals surface area contributed by atoms with Gasteiger partial charge in [-0.05, 0) is 25.0 Å². The lowest BCUT2D eigenvalue weighted by Gasteiger charge is -2.22. The van der Waals surface area contributed by atoms with Crippen LogP contribution in [0.5, 0.6) is 5.75 Å². The van der Waals surface area contributed by atoms with Gasteiger partial charge in [0.05, 0.1) is 7.11 Å². The number of aromatic nitrogens is 3. The van der Waals surface area contributed by atoms with E-state index in [9.17, 15) is 9.59 Å². The second-order valence-electron chi connectivity index (χ2n) is 6.58. The zero-order chi connectivity index (χ0) is 18.4. The maximum atomic E-state index is 12.2. The number of ether oxygens (including phenoxy) is 1. The Morgan fingerprint density at radius 1 is 1.27 bits per heavy atom. The number of nitrogens with one attached hydrogen (secondary N) is 2. The van der Waals surface area contributed by atoms with Crippen LogP contribution in [0.3, 0.4) is 0 Å². The number of nitrogens with zero attached hydrogens (tertiary/aromatic N) is 2. The van der Waals surface area contributed by atoms with Gasteiger partial charge in [0, 0.05) is 24.4 Å². The number of hydrogen-bond donors (Lipinski definition) is 2. The van der Waals surface area contributed by atoms with Gasteiger partial charge in [-0.1, -0.05) is 31.4 Å². The van der Waals surface area contributed by atoms with Crippen LogP contribution in [0.1, 0.15) is 44.2 Å². The molecule has 1 saturated carbocycles. The van der Waals surface area contributed by atoms with E-state index in [-0.39, 0.29) is 36.0 Å². The number of carbonyl (C=O) groups is 1. The van der Waals surface area contributed by atoms with E-state index in [1.807, 2.05) is 18.2 Å². The molecule has 1 amide bonds. The molecule has 1 fully saturated rings. The van der Waals surface area contributed by atoms with E-state index >= 15 is 0 Å². The van der Waals surface area contributed by atoms with Gasteiger partial charge in [-0.2, -0.15) is 0 Å². The number of aryl methyl sites for hydroxylation is 1. The lowest BCUT2D eigenvalue weighted by molar-refractivity contribution is -0.122. The zero-order valence-corrected chi connectivity index (χ0v) is 15.0. The maximum absolute atomic E-state index is 12.2. The Morgan fingerprint density at radius 2 is 2.08 bits per heavy atom. The van der Waals surface area contributed by atoms with E-state index in [0.717, 1.165) is 18.4 Å². The van der Waals surface area contributed by atoms with Crippen molar-refractivity contribution >= 4 is 5.91 Å². The molecule has 138 valence electrons. The van der Waals surface area contributed by atoms with Crippen molar-refractivity contribution in [2.24, 2.45) is 0 Å². The average Bonchev–Trinajstić information content (AvgIpc) is 2.68. The fourth-order valence-electron chi connectivity index (χ4n) is 3.20. The lowest BCUT2D eigenvalue weighted by atomic mass is 9.95. The highest BCUT2D eigenvalue weighted by Gasteiger charge is 2.16. The molecule has 0 radical (unpaired) electrons. The molecular formula is C19H24N4O3. The summed E-state index contributed by atoms with van der Waals surface area (Å²) in [6, 6.07) is 7.50. The van der Waals surface area contributed by atoms with E-state index in [0.29, 0.717) is 11.6 Å². The van der Waals surface area contributed by atoms with E-state index in [4.69, 9.17) is 4.74 Å². The predicted molar refractivity (Wildman–Crippen MR) is 98.0 cm³/mol. The summed E-state index contributed by atoms with van der Waals surface area (Å²) < 4.78 is 5.17. The van der Waals surface area contributed by atoms with Crippen molar-refractivity contribution in [1.29, 1.82) is 0 Å². The van der Waals surface area contributed by atoms with E-state index in [1.165, 1.54) is 19.3 Å². The average molecular weight is 356 g/mol. The standard InChI is InChI=1S/C19H24N4O3/c1-26-15-9-5-6-13(12-15)18-21-19(25)16(22-23-18)10-11-17(24)20-14-7-3-2-4-8-14/h5-6,9,12,14H,2-4,7-8,10-11H2,1H3,(H,20,24)(H,21,23,25). The Kier molecular flexibility index (Phi) is 5.99. The first kappa shape index (κ1) is 18.1.